The predicted molar refractivity (Wildman–Crippen MR) is 72.7 cm³/mol. The minimum Gasteiger partial charge on any atom is -0.494 e. The van der Waals surface area contributed by atoms with E-state index in [1.165, 1.54) is 5.56 Å². The van der Waals surface area contributed by atoms with Gasteiger partial charge >= 0.3 is 0 Å². The lowest BCUT2D eigenvalue weighted by molar-refractivity contribution is -0.0181. The van der Waals surface area contributed by atoms with Crippen LogP contribution in [0.4, 0.5) is 0 Å². The number of hydrogen-bond acceptors (Lipinski definition) is 3. The second-order valence-electron chi connectivity index (χ2n) is 5.39. The second kappa shape index (κ2) is 5.72. The quantitative estimate of drug-likeness (QED) is 0.889. The smallest absolute Gasteiger partial charge is 0.119 e. The van der Waals surface area contributed by atoms with Crippen molar-refractivity contribution in [3.05, 3.63) is 29.8 Å². The van der Waals surface area contributed by atoms with Crippen molar-refractivity contribution in [2.45, 2.75) is 38.8 Å². The molecule has 1 aromatic carbocycles. The van der Waals surface area contributed by atoms with Crippen molar-refractivity contribution in [1.82, 2.24) is 4.90 Å². The van der Waals surface area contributed by atoms with E-state index in [0.29, 0.717) is 6.61 Å². The Bertz CT molecular complexity index is 373. The van der Waals surface area contributed by atoms with E-state index >= 15 is 0 Å². The van der Waals surface area contributed by atoms with Gasteiger partial charge in [-0.15, -0.1) is 0 Å². The van der Waals surface area contributed by atoms with Crippen LogP contribution in [-0.2, 0) is 6.54 Å². The van der Waals surface area contributed by atoms with Crippen LogP contribution in [0, 0.1) is 0 Å². The van der Waals surface area contributed by atoms with Gasteiger partial charge in [-0.1, -0.05) is 12.1 Å². The summed E-state index contributed by atoms with van der Waals surface area (Å²) in [5, 5.41) is 10.1. The highest BCUT2D eigenvalue weighted by atomic mass is 16.5. The minimum absolute atomic E-state index is 0.524. The molecule has 0 spiro atoms. The largest absolute Gasteiger partial charge is 0.494 e. The number of β-amino-alcohol motifs (C(OH)–C–C–N with tert-alkyl or cyclic N) is 1. The van der Waals surface area contributed by atoms with Gasteiger partial charge in [-0.3, -0.25) is 4.90 Å². The number of hydrogen-bond donors (Lipinski definition) is 1. The van der Waals surface area contributed by atoms with Crippen LogP contribution in [0.15, 0.2) is 24.3 Å². The van der Waals surface area contributed by atoms with Gasteiger partial charge in [0, 0.05) is 13.1 Å². The second-order valence-corrected chi connectivity index (χ2v) is 5.39. The Morgan fingerprint density at radius 2 is 2.06 bits per heavy atom. The third-order valence-corrected chi connectivity index (χ3v) is 3.39. The Kier molecular flexibility index (Phi) is 4.25. The lowest BCUT2D eigenvalue weighted by atomic mass is 9.95. The zero-order valence-corrected chi connectivity index (χ0v) is 11.4. The molecule has 0 bridgehead atoms. The van der Waals surface area contributed by atoms with Gasteiger partial charge in [-0.25, -0.2) is 0 Å². The highest BCUT2D eigenvalue weighted by Gasteiger charge is 2.27. The lowest BCUT2D eigenvalue weighted by Gasteiger charge is -2.36. The Hall–Kier alpha value is -1.06. The summed E-state index contributed by atoms with van der Waals surface area (Å²) >= 11 is 0. The van der Waals surface area contributed by atoms with Crippen LogP contribution in [0.2, 0.25) is 0 Å². The molecule has 0 saturated carbocycles. The first kappa shape index (κ1) is 13.4. The van der Waals surface area contributed by atoms with E-state index in [1.54, 1.807) is 0 Å². The average Bonchev–Trinajstić information content (AvgIpc) is 2.31. The molecule has 0 amide bonds. The fourth-order valence-corrected chi connectivity index (χ4v) is 2.57. The van der Waals surface area contributed by atoms with Crippen LogP contribution in [0.3, 0.4) is 0 Å². The fraction of sp³-hybridized carbons (Fsp3) is 0.600. The van der Waals surface area contributed by atoms with E-state index < -0.39 is 5.60 Å². The third kappa shape index (κ3) is 3.72. The molecule has 1 aliphatic rings. The van der Waals surface area contributed by atoms with Crippen molar-refractivity contribution in [2.24, 2.45) is 0 Å². The van der Waals surface area contributed by atoms with Crippen molar-refractivity contribution >= 4 is 0 Å². The number of piperidine rings is 1. The number of aliphatic hydroxyl groups is 1. The molecule has 0 aromatic heterocycles. The van der Waals surface area contributed by atoms with Crippen LogP contribution < -0.4 is 4.74 Å². The summed E-state index contributed by atoms with van der Waals surface area (Å²) in [6.07, 6.45) is 1.98. The number of benzene rings is 1. The van der Waals surface area contributed by atoms with Crippen LogP contribution >= 0.6 is 0 Å². The summed E-state index contributed by atoms with van der Waals surface area (Å²) in [5.41, 5.74) is 0.750. The van der Waals surface area contributed by atoms with Gasteiger partial charge in [0.2, 0.25) is 0 Å². The summed E-state index contributed by atoms with van der Waals surface area (Å²) in [5.74, 6) is 0.923. The lowest BCUT2D eigenvalue weighted by Crippen LogP contribution is -2.45. The van der Waals surface area contributed by atoms with Gasteiger partial charge in [0.25, 0.3) is 0 Å². The normalized spacial score (nSPS) is 25.1. The zero-order valence-electron chi connectivity index (χ0n) is 11.4. The Labute approximate surface area is 109 Å². The Morgan fingerprint density at radius 1 is 1.33 bits per heavy atom. The summed E-state index contributed by atoms with van der Waals surface area (Å²) in [7, 11) is 0. The van der Waals surface area contributed by atoms with E-state index in [0.717, 1.165) is 38.2 Å². The number of likely N-dealkylation sites (tertiary alicyclic amines) is 1. The average molecular weight is 249 g/mol. The molecule has 1 aliphatic heterocycles. The first-order valence-electron chi connectivity index (χ1n) is 6.75. The Balaban J connectivity index is 1.92. The first-order valence-corrected chi connectivity index (χ1v) is 6.75. The highest BCUT2D eigenvalue weighted by molar-refractivity contribution is 5.27. The first-order chi connectivity index (χ1) is 8.59. The summed E-state index contributed by atoms with van der Waals surface area (Å²) < 4.78 is 5.43. The molecular weight excluding hydrogens is 226 g/mol. The SMILES string of the molecule is CCOc1ccc(CN2CCCC(C)(O)C2)cc1. The molecule has 1 aromatic rings. The number of ether oxygens (including phenoxy) is 1. The molecule has 0 aliphatic carbocycles. The van der Waals surface area contributed by atoms with Crippen molar-refractivity contribution in [3.63, 3.8) is 0 Å². The van der Waals surface area contributed by atoms with Gasteiger partial charge in [0.1, 0.15) is 5.75 Å². The standard InChI is InChI=1S/C15H23NO2/c1-3-18-14-7-5-13(6-8-14)11-16-10-4-9-15(2,17)12-16/h5-8,17H,3-4,9-12H2,1-2H3. The van der Waals surface area contributed by atoms with Crippen LogP contribution in [0.1, 0.15) is 32.3 Å². The molecule has 100 valence electrons. The molecule has 1 saturated heterocycles. The summed E-state index contributed by atoms with van der Waals surface area (Å²) in [6.45, 7) is 7.36. The molecule has 0 radical (unpaired) electrons. The minimum atomic E-state index is -0.524. The van der Waals surface area contributed by atoms with E-state index in [-0.39, 0.29) is 0 Å². The van der Waals surface area contributed by atoms with Gasteiger partial charge in [0.05, 0.1) is 12.2 Å². The summed E-state index contributed by atoms with van der Waals surface area (Å²) in [6, 6.07) is 8.24. The van der Waals surface area contributed by atoms with E-state index in [4.69, 9.17) is 4.74 Å². The molecule has 1 heterocycles. The van der Waals surface area contributed by atoms with Crippen LogP contribution in [0.25, 0.3) is 0 Å². The van der Waals surface area contributed by atoms with Gasteiger partial charge < -0.3 is 9.84 Å². The molecule has 1 fully saturated rings. The van der Waals surface area contributed by atoms with Crippen molar-refractivity contribution < 1.29 is 9.84 Å². The molecule has 1 atom stereocenters. The molecule has 18 heavy (non-hydrogen) atoms. The molecule has 1 unspecified atom stereocenters. The molecular formula is C15H23NO2. The third-order valence-electron chi connectivity index (χ3n) is 3.39. The van der Waals surface area contributed by atoms with E-state index in [1.807, 2.05) is 26.0 Å². The van der Waals surface area contributed by atoms with Crippen LogP contribution in [0.5, 0.6) is 5.75 Å². The maximum absolute atomic E-state index is 10.1. The topological polar surface area (TPSA) is 32.7 Å². The van der Waals surface area contributed by atoms with Gasteiger partial charge in [0.15, 0.2) is 0 Å². The summed E-state index contributed by atoms with van der Waals surface area (Å²) in [4.78, 5) is 2.32. The highest BCUT2D eigenvalue weighted by Crippen LogP contribution is 2.22. The van der Waals surface area contributed by atoms with E-state index in [9.17, 15) is 5.11 Å². The fourth-order valence-electron chi connectivity index (χ4n) is 2.57. The van der Waals surface area contributed by atoms with Crippen LogP contribution in [-0.4, -0.2) is 35.3 Å². The van der Waals surface area contributed by atoms with Crippen molar-refractivity contribution in [1.29, 1.82) is 0 Å². The predicted octanol–water partition coefficient (Wildman–Crippen LogP) is 2.43. The van der Waals surface area contributed by atoms with E-state index in [2.05, 4.69) is 17.0 Å². The molecule has 3 heteroatoms. The van der Waals surface area contributed by atoms with Gasteiger partial charge in [-0.05, 0) is 50.9 Å². The van der Waals surface area contributed by atoms with Crippen molar-refractivity contribution in [3.8, 4) is 5.75 Å². The molecule has 1 N–H and O–H groups in total. The molecule has 3 nitrogen and oxygen atoms in total. The number of nitrogens with zero attached hydrogens (tertiary/aromatic N) is 1. The van der Waals surface area contributed by atoms with Gasteiger partial charge in [-0.2, -0.15) is 0 Å². The maximum Gasteiger partial charge on any atom is 0.119 e. The number of rotatable bonds is 4. The monoisotopic (exact) mass is 249 g/mol. The maximum atomic E-state index is 10.1. The molecule has 2 rings (SSSR count). The zero-order chi connectivity index (χ0) is 13.0. The Morgan fingerprint density at radius 3 is 2.67 bits per heavy atom. The van der Waals surface area contributed by atoms with Crippen molar-refractivity contribution in [2.75, 3.05) is 19.7 Å².